The minimum Gasteiger partial charge on any atom is -0.334 e. The van der Waals surface area contributed by atoms with Crippen LogP contribution < -0.4 is 5.56 Å². The Bertz CT molecular complexity index is 1100. The van der Waals surface area contributed by atoms with Crippen LogP contribution in [0.5, 0.6) is 0 Å². The van der Waals surface area contributed by atoms with E-state index in [1.54, 1.807) is 4.90 Å². The quantitative estimate of drug-likeness (QED) is 0.481. The van der Waals surface area contributed by atoms with Crippen LogP contribution in [0.15, 0.2) is 53.3 Å². The van der Waals surface area contributed by atoms with Gasteiger partial charge in [0.1, 0.15) is 0 Å². The number of carbonyl (C=O) groups is 1. The predicted molar refractivity (Wildman–Crippen MR) is 112 cm³/mol. The van der Waals surface area contributed by atoms with E-state index in [2.05, 4.69) is 4.98 Å². The molecule has 1 N–H and O–H groups in total. The standard InChI is InChI=1S/C22H23N3O4/c1-3-4-11-24(22(27)16-6-8-19(9-7-16)25(28)29)14-18-13-17-12-15(2)5-10-20(17)23-21(18)26/h5-10,12-13H,3-4,11,14H2,1-2H3,(H,23,26). The molecule has 7 heteroatoms. The lowest BCUT2D eigenvalue weighted by Gasteiger charge is -2.22. The van der Waals surface area contributed by atoms with Gasteiger partial charge in [0.2, 0.25) is 0 Å². The number of fused-ring (bicyclic) bond motifs is 1. The Hall–Kier alpha value is -3.48. The zero-order valence-electron chi connectivity index (χ0n) is 16.5. The van der Waals surface area contributed by atoms with E-state index >= 15 is 0 Å². The molecule has 3 rings (SSSR count). The molecule has 3 aromatic rings. The van der Waals surface area contributed by atoms with Crippen LogP contribution >= 0.6 is 0 Å². The predicted octanol–water partition coefficient (Wildman–Crippen LogP) is 4.19. The van der Waals surface area contributed by atoms with E-state index < -0.39 is 4.92 Å². The molecule has 1 amide bonds. The van der Waals surface area contributed by atoms with Gasteiger partial charge in [-0.05, 0) is 49.1 Å². The van der Waals surface area contributed by atoms with Gasteiger partial charge in [0.15, 0.2) is 0 Å². The highest BCUT2D eigenvalue weighted by atomic mass is 16.6. The number of nitrogens with zero attached hydrogens (tertiary/aromatic N) is 2. The van der Waals surface area contributed by atoms with Gasteiger partial charge in [0.05, 0.1) is 11.5 Å². The van der Waals surface area contributed by atoms with Crippen LogP contribution in [0, 0.1) is 17.0 Å². The van der Waals surface area contributed by atoms with Crippen molar-refractivity contribution in [2.45, 2.75) is 33.2 Å². The van der Waals surface area contributed by atoms with E-state index in [0.29, 0.717) is 17.7 Å². The van der Waals surface area contributed by atoms with Crippen molar-refractivity contribution in [3.05, 3.63) is 85.7 Å². The number of carbonyl (C=O) groups excluding carboxylic acids is 1. The van der Waals surface area contributed by atoms with E-state index in [0.717, 1.165) is 29.3 Å². The number of non-ortho nitro benzene ring substituents is 1. The Morgan fingerprint density at radius 3 is 2.52 bits per heavy atom. The fourth-order valence-electron chi connectivity index (χ4n) is 3.20. The van der Waals surface area contributed by atoms with Gasteiger partial charge in [-0.25, -0.2) is 0 Å². The Morgan fingerprint density at radius 1 is 1.14 bits per heavy atom. The van der Waals surface area contributed by atoms with E-state index in [-0.39, 0.29) is 23.7 Å². The van der Waals surface area contributed by atoms with E-state index in [4.69, 9.17) is 0 Å². The summed E-state index contributed by atoms with van der Waals surface area (Å²) in [6.07, 6.45) is 1.70. The second kappa shape index (κ2) is 8.68. The smallest absolute Gasteiger partial charge is 0.269 e. The number of rotatable bonds is 7. The Labute approximate surface area is 168 Å². The molecule has 0 aliphatic heterocycles. The average molecular weight is 393 g/mol. The van der Waals surface area contributed by atoms with Crippen molar-refractivity contribution < 1.29 is 9.72 Å². The number of hydrogen-bond donors (Lipinski definition) is 1. The van der Waals surface area contributed by atoms with Gasteiger partial charge in [-0.1, -0.05) is 25.0 Å². The summed E-state index contributed by atoms with van der Waals surface area (Å²) < 4.78 is 0. The number of unbranched alkanes of at least 4 members (excludes halogenated alkanes) is 1. The van der Waals surface area contributed by atoms with E-state index in [1.165, 1.54) is 24.3 Å². The maximum absolute atomic E-state index is 13.0. The van der Waals surface area contributed by atoms with E-state index in [9.17, 15) is 19.7 Å². The monoisotopic (exact) mass is 393 g/mol. The second-order valence-corrected chi connectivity index (χ2v) is 7.10. The number of aryl methyl sites for hydroxylation is 1. The van der Waals surface area contributed by atoms with Gasteiger partial charge in [-0.2, -0.15) is 0 Å². The van der Waals surface area contributed by atoms with Crippen molar-refractivity contribution in [3.8, 4) is 0 Å². The van der Waals surface area contributed by atoms with Gasteiger partial charge < -0.3 is 9.88 Å². The summed E-state index contributed by atoms with van der Waals surface area (Å²) in [6, 6.07) is 13.2. The number of aromatic amines is 1. The number of pyridine rings is 1. The molecule has 2 aromatic carbocycles. The number of H-pyrrole nitrogens is 1. The highest BCUT2D eigenvalue weighted by molar-refractivity contribution is 5.94. The zero-order valence-corrected chi connectivity index (χ0v) is 16.5. The number of nitrogens with one attached hydrogen (secondary N) is 1. The highest BCUT2D eigenvalue weighted by Crippen LogP contribution is 2.17. The third kappa shape index (κ3) is 4.68. The van der Waals surface area contributed by atoms with Gasteiger partial charge in [-0.3, -0.25) is 19.7 Å². The largest absolute Gasteiger partial charge is 0.334 e. The van der Waals surface area contributed by atoms with Gasteiger partial charge in [0, 0.05) is 35.3 Å². The minimum absolute atomic E-state index is 0.0667. The SMILES string of the molecule is CCCCN(Cc1cc2cc(C)ccc2[nH]c1=O)C(=O)c1ccc([N+](=O)[O-])cc1. The molecular weight excluding hydrogens is 370 g/mol. The molecule has 0 aliphatic carbocycles. The lowest BCUT2D eigenvalue weighted by atomic mass is 10.1. The van der Waals surface area contributed by atoms with Crippen molar-refractivity contribution in [3.63, 3.8) is 0 Å². The molecule has 0 bridgehead atoms. The normalized spacial score (nSPS) is 10.8. The van der Waals surface area contributed by atoms with Crippen molar-refractivity contribution in [2.75, 3.05) is 6.54 Å². The van der Waals surface area contributed by atoms with Crippen LogP contribution in [0.4, 0.5) is 5.69 Å². The first kappa shape index (κ1) is 20.3. The molecule has 0 unspecified atom stereocenters. The Balaban J connectivity index is 1.91. The molecule has 0 radical (unpaired) electrons. The summed E-state index contributed by atoms with van der Waals surface area (Å²) in [7, 11) is 0. The molecule has 7 nitrogen and oxygen atoms in total. The van der Waals surface area contributed by atoms with Gasteiger partial charge in [-0.15, -0.1) is 0 Å². The van der Waals surface area contributed by atoms with Crippen molar-refractivity contribution in [2.24, 2.45) is 0 Å². The molecule has 0 atom stereocenters. The lowest BCUT2D eigenvalue weighted by Crippen LogP contribution is -2.33. The fourth-order valence-corrected chi connectivity index (χ4v) is 3.20. The highest BCUT2D eigenvalue weighted by Gasteiger charge is 2.18. The maximum atomic E-state index is 13.0. The number of benzene rings is 2. The third-order valence-corrected chi connectivity index (χ3v) is 4.83. The number of nitro benzene ring substituents is 1. The summed E-state index contributed by atoms with van der Waals surface area (Å²) in [4.78, 5) is 40.4. The summed E-state index contributed by atoms with van der Waals surface area (Å²) in [5.74, 6) is -0.253. The van der Waals surface area contributed by atoms with Gasteiger partial charge >= 0.3 is 0 Å². The molecule has 150 valence electrons. The lowest BCUT2D eigenvalue weighted by molar-refractivity contribution is -0.384. The van der Waals surface area contributed by atoms with E-state index in [1.807, 2.05) is 38.1 Å². The average Bonchev–Trinajstić information content (AvgIpc) is 2.71. The van der Waals surface area contributed by atoms with Crippen molar-refractivity contribution >= 4 is 22.5 Å². The van der Waals surface area contributed by atoms with Gasteiger partial charge in [0.25, 0.3) is 17.2 Å². The molecule has 0 saturated carbocycles. The summed E-state index contributed by atoms with van der Waals surface area (Å²) >= 11 is 0. The molecule has 1 heterocycles. The Kier molecular flexibility index (Phi) is 6.07. The molecule has 0 aliphatic rings. The number of aromatic nitrogens is 1. The second-order valence-electron chi connectivity index (χ2n) is 7.10. The summed E-state index contributed by atoms with van der Waals surface area (Å²) in [5.41, 5.74) is 2.42. The topological polar surface area (TPSA) is 96.3 Å². The Morgan fingerprint density at radius 2 is 1.86 bits per heavy atom. The fraction of sp³-hybridized carbons (Fsp3) is 0.273. The van der Waals surface area contributed by atoms with Crippen LogP contribution in [0.1, 0.15) is 41.3 Å². The molecule has 29 heavy (non-hydrogen) atoms. The number of nitro groups is 1. The first-order valence-corrected chi connectivity index (χ1v) is 9.55. The molecule has 0 fully saturated rings. The first-order chi connectivity index (χ1) is 13.9. The zero-order chi connectivity index (χ0) is 21.0. The van der Waals surface area contributed by atoms with Crippen molar-refractivity contribution in [1.29, 1.82) is 0 Å². The molecular formula is C22H23N3O4. The summed E-state index contributed by atoms with van der Waals surface area (Å²) in [6.45, 7) is 4.68. The van der Waals surface area contributed by atoms with Crippen LogP contribution in [-0.2, 0) is 6.54 Å². The van der Waals surface area contributed by atoms with Crippen LogP contribution in [0.3, 0.4) is 0 Å². The third-order valence-electron chi connectivity index (χ3n) is 4.83. The first-order valence-electron chi connectivity index (χ1n) is 9.55. The number of hydrogen-bond acceptors (Lipinski definition) is 4. The minimum atomic E-state index is -0.500. The molecule has 0 spiro atoms. The summed E-state index contributed by atoms with van der Waals surface area (Å²) in [5, 5.41) is 11.8. The molecule has 1 aromatic heterocycles. The van der Waals surface area contributed by atoms with Crippen LogP contribution in [0.2, 0.25) is 0 Å². The molecule has 0 saturated heterocycles. The maximum Gasteiger partial charge on any atom is 0.269 e. The van der Waals surface area contributed by atoms with Crippen molar-refractivity contribution in [1.82, 2.24) is 9.88 Å². The van der Waals surface area contributed by atoms with Crippen LogP contribution in [0.25, 0.3) is 10.9 Å². The van der Waals surface area contributed by atoms with Crippen LogP contribution in [-0.4, -0.2) is 27.3 Å². The number of amides is 1.